The van der Waals surface area contributed by atoms with Crippen LogP contribution in [0, 0.1) is 5.92 Å². The average molecular weight is 390 g/mol. The Balaban J connectivity index is 0.00000225. The van der Waals surface area contributed by atoms with Crippen LogP contribution in [-0.2, 0) is 14.8 Å². The van der Waals surface area contributed by atoms with Crippen molar-refractivity contribution in [1.82, 2.24) is 10.0 Å². The molecular weight excluding hydrogens is 366 g/mol. The maximum absolute atomic E-state index is 12.4. The summed E-state index contributed by atoms with van der Waals surface area (Å²) in [4.78, 5) is 12.0. The summed E-state index contributed by atoms with van der Waals surface area (Å²) in [5.41, 5.74) is 0.435. The van der Waals surface area contributed by atoms with Gasteiger partial charge in [-0.2, -0.15) is 0 Å². The number of hydrogen-bond donors (Lipinski definition) is 3. The number of benzene rings is 1. The molecule has 0 radical (unpaired) electrons. The van der Waals surface area contributed by atoms with Gasteiger partial charge in [-0.15, -0.1) is 12.4 Å². The molecule has 0 saturated heterocycles. The number of amides is 1. The van der Waals surface area contributed by atoms with Crippen molar-refractivity contribution in [2.75, 3.05) is 25.5 Å². The first kappa shape index (κ1) is 20.0. The Morgan fingerprint density at radius 1 is 1.24 bits per heavy atom. The number of carbonyl (C=O) groups excluding carboxylic acids is 1. The van der Waals surface area contributed by atoms with Gasteiger partial charge in [-0.05, 0) is 56.3 Å². The van der Waals surface area contributed by atoms with Crippen molar-refractivity contribution in [3.8, 4) is 5.75 Å². The van der Waals surface area contributed by atoms with Crippen molar-refractivity contribution in [2.24, 2.45) is 5.92 Å². The highest BCUT2D eigenvalue weighted by Crippen LogP contribution is 2.30. The Morgan fingerprint density at radius 2 is 1.96 bits per heavy atom. The smallest absolute Gasteiger partial charge is 0.244 e. The number of halogens is 1. The molecule has 0 spiro atoms. The Kier molecular flexibility index (Phi) is 6.67. The summed E-state index contributed by atoms with van der Waals surface area (Å²) < 4.78 is 32.6. The molecule has 9 heteroatoms. The number of rotatable bonds is 9. The third kappa shape index (κ3) is 5.85. The van der Waals surface area contributed by atoms with Gasteiger partial charge < -0.3 is 15.4 Å². The molecule has 0 aromatic heterocycles. The first-order chi connectivity index (χ1) is 11.5. The van der Waals surface area contributed by atoms with E-state index in [-0.39, 0.29) is 41.5 Å². The maximum Gasteiger partial charge on any atom is 0.244 e. The molecule has 25 heavy (non-hydrogen) atoms. The lowest BCUT2D eigenvalue weighted by Gasteiger charge is -2.13. The van der Waals surface area contributed by atoms with Crippen LogP contribution in [0.15, 0.2) is 23.1 Å². The lowest BCUT2D eigenvalue weighted by Crippen LogP contribution is -2.29. The second-order valence-corrected chi connectivity index (χ2v) is 8.07. The number of sulfonamides is 1. The van der Waals surface area contributed by atoms with Gasteiger partial charge in [-0.3, -0.25) is 4.79 Å². The molecule has 1 aromatic rings. The van der Waals surface area contributed by atoms with E-state index in [0.717, 1.165) is 19.4 Å². The van der Waals surface area contributed by atoms with Crippen LogP contribution in [0.1, 0.15) is 25.7 Å². The second-order valence-electron chi connectivity index (χ2n) is 6.38. The van der Waals surface area contributed by atoms with E-state index in [4.69, 9.17) is 4.74 Å². The summed E-state index contributed by atoms with van der Waals surface area (Å²) in [5, 5.41) is 5.82. The summed E-state index contributed by atoms with van der Waals surface area (Å²) in [5.74, 6) is 0.761. The molecule has 7 nitrogen and oxygen atoms in total. The fourth-order valence-corrected chi connectivity index (χ4v) is 3.87. The summed E-state index contributed by atoms with van der Waals surface area (Å²) in [6.07, 6.45) is 4.15. The normalized spacial score (nSPS) is 16.8. The molecule has 0 heterocycles. The van der Waals surface area contributed by atoms with Crippen molar-refractivity contribution < 1.29 is 17.9 Å². The molecule has 2 fully saturated rings. The lowest BCUT2D eigenvalue weighted by atomic mass is 10.3. The largest absolute Gasteiger partial charge is 0.495 e. The van der Waals surface area contributed by atoms with E-state index in [9.17, 15) is 13.2 Å². The quantitative estimate of drug-likeness (QED) is 0.594. The first-order valence-electron chi connectivity index (χ1n) is 8.19. The number of ether oxygens (including phenoxy) is 1. The summed E-state index contributed by atoms with van der Waals surface area (Å²) >= 11 is 0. The highest BCUT2D eigenvalue weighted by Gasteiger charge is 2.30. The molecule has 2 saturated carbocycles. The molecular formula is C16H24ClN3O4S. The van der Waals surface area contributed by atoms with E-state index >= 15 is 0 Å². The molecule has 2 aliphatic carbocycles. The van der Waals surface area contributed by atoms with Gasteiger partial charge >= 0.3 is 0 Å². The Bertz CT molecular complexity index is 718. The van der Waals surface area contributed by atoms with E-state index < -0.39 is 10.0 Å². The second kappa shape index (κ2) is 8.35. The third-order valence-corrected chi connectivity index (χ3v) is 5.59. The van der Waals surface area contributed by atoms with Gasteiger partial charge in [0, 0.05) is 11.7 Å². The highest BCUT2D eigenvalue weighted by molar-refractivity contribution is 7.89. The number of anilines is 1. The SMILES string of the molecule is COc1ccc(NC(=O)CNCC2CC2)cc1S(=O)(=O)NC1CC1.Cl. The molecule has 1 amide bonds. The molecule has 3 rings (SSSR count). The summed E-state index contributed by atoms with van der Waals surface area (Å²) in [6.45, 7) is 1.06. The van der Waals surface area contributed by atoms with Crippen molar-refractivity contribution >= 4 is 34.0 Å². The van der Waals surface area contributed by atoms with Crippen LogP contribution in [0.25, 0.3) is 0 Å². The number of methoxy groups -OCH3 is 1. The standard InChI is InChI=1S/C16H23N3O4S.ClH/c1-23-14-7-6-13(18-16(20)10-17-9-11-2-3-11)8-15(14)24(21,22)19-12-4-5-12;/h6-8,11-12,17,19H,2-5,9-10H2,1H3,(H,18,20);1H. The minimum absolute atomic E-state index is 0. The topological polar surface area (TPSA) is 96.5 Å². The van der Waals surface area contributed by atoms with Gasteiger partial charge in [-0.1, -0.05) is 0 Å². The number of carbonyl (C=O) groups is 1. The van der Waals surface area contributed by atoms with Gasteiger partial charge in [-0.25, -0.2) is 13.1 Å². The molecule has 0 unspecified atom stereocenters. The van der Waals surface area contributed by atoms with E-state index in [1.807, 2.05) is 0 Å². The molecule has 3 N–H and O–H groups in total. The van der Waals surface area contributed by atoms with Crippen LogP contribution in [-0.4, -0.2) is 40.6 Å². The van der Waals surface area contributed by atoms with Crippen LogP contribution >= 0.6 is 12.4 Å². The van der Waals surface area contributed by atoms with Crippen molar-refractivity contribution in [2.45, 2.75) is 36.6 Å². The summed E-state index contributed by atoms with van der Waals surface area (Å²) in [7, 11) is -2.24. The number of hydrogen-bond acceptors (Lipinski definition) is 5. The van der Waals surface area contributed by atoms with Gasteiger partial charge in [0.05, 0.1) is 13.7 Å². The minimum Gasteiger partial charge on any atom is -0.495 e. The van der Waals surface area contributed by atoms with Crippen molar-refractivity contribution in [3.63, 3.8) is 0 Å². The minimum atomic E-state index is -3.66. The highest BCUT2D eigenvalue weighted by atomic mass is 35.5. The molecule has 0 aliphatic heterocycles. The van der Waals surface area contributed by atoms with Crippen LogP contribution in [0.3, 0.4) is 0 Å². The van der Waals surface area contributed by atoms with E-state index in [1.165, 1.54) is 26.0 Å². The maximum atomic E-state index is 12.4. The van der Waals surface area contributed by atoms with Gasteiger partial charge in [0.2, 0.25) is 15.9 Å². The van der Waals surface area contributed by atoms with Crippen molar-refractivity contribution in [1.29, 1.82) is 0 Å². The molecule has 0 atom stereocenters. The van der Waals surface area contributed by atoms with E-state index in [2.05, 4.69) is 15.4 Å². The van der Waals surface area contributed by atoms with Gasteiger partial charge in [0.15, 0.2) is 0 Å². The van der Waals surface area contributed by atoms with Crippen LogP contribution in [0.4, 0.5) is 5.69 Å². The number of nitrogens with one attached hydrogen (secondary N) is 3. The summed E-state index contributed by atoms with van der Waals surface area (Å²) in [6, 6.07) is 4.62. The van der Waals surface area contributed by atoms with Crippen molar-refractivity contribution in [3.05, 3.63) is 18.2 Å². The average Bonchev–Trinajstić information content (AvgIpc) is 3.43. The lowest BCUT2D eigenvalue weighted by molar-refractivity contribution is -0.115. The Labute approximate surface area is 154 Å². The predicted octanol–water partition coefficient (Wildman–Crippen LogP) is 1.50. The van der Waals surface area contributed by atoms with Crippen LogP contribution in [0.5, 0.6) is 5.75 Å². The van der Waals surface area contributed by atoms with E-state index in [0.29, 0.717) is 11.6 Å². The van der Waals surface area contributed by atoms with E-state index in [1.54, 1.807) is 12.1 Å². The zero-order valence-electron chi connectivity index (χ0n) is 14.1. The molecule has 2 aliphatic rings. The monoisotopic (exact) mass is 389 g/mol. The van der Waals surface area contributed by atoms with Crippen LogP contribution in [0.2, 0.25) is 0 Å². The third-order valence-electron chi connectivity index (χ3n) is 4.05. The molecule has 1 aromatic carbocycles. The zero-order chi connectivity index (χ0) is 17.2. The first-order valence-corrected chi connectivity index (χ1v) is 9.67. The Morgan fingerprint density at radius 3 is 2.56 bits per heavy atom. The fraction of sp³-hybridized carbons (Fsp3) is 0.562. The van der Waals surface area contributed by atoms with Gasteiger partial charge in [0.25, 0.3) is 0 Å². The van der Waals surface area contributed by atoms with Gasteiger partial charge in [0.1, 0.15) is 10.6 Å². The molecule has 140 valence electrons. The molecule has 0 bridgehead atoms. The van der Waals surface area contributed by atoms with Crippen LogP contribution < -0.4 is 20.1 Å². The zero-order valence-corrected chi connectivity index (χ0v) is 15.7. The fourth-order valence-electron chi connectivity index (χ4n) is 2.37. The Hall–Kier alpha value is -1.35. The predicted molar refractivity (Wildman–Crippen MR) is 97.8 cm³/mol.